The second-order valence-electron chi connectivity index (χ2n) is 9.08. The van der Waals surface area contributed by atoms with Crippen molar-refractivity contribution in [3.05, 3.63) is 35.4 Å². The lowest BCUT2D eigenvalue weighted by atomic mass is 9.84. The molecule has 1 N–H and O–H groups in total. The van der Waals surface area contributed by atoms with Crippen molar-refractivity contribution in [1.82, 2.24) is 10.2 Å². The molecule has 2 amide bonds. The molecule has 4 nitrogen and oxygen atoms in total. The van der Waals surface area contributed by atoms with Crippen LogP contribution in [0.5, 0.6) is 0 Å². The van der Waals surface area contributed by atoms with Gasteiger partial charge < -0.3 is 10.2 Å². The number of amides is 2. The van der Waals surface area contributed by atoms with Crippen LogP contribution in [0.3, 0.4) is 0 Å². The predicted molar refractivity (Wildman–Crippen MR) is 111 cm³/mol. The van der Waals surface area contributed by atoms with Crippen molar-refractivity contribution in [2.24, 2.45) is 5.92 Å². The molecule has 0 spiro atoms. The molecule has 0 unspecified atom stereocenters. The third kappa shape index (κ3) is 3.83. The van der Waals surface area contributed by atoms with Gasteiger partial charge >= 0.3 is 0 Å². The maximum absolute atomic E-state index is 13.5. The third-order valence-electron chi connectivity index (χ3n) is 7.12. The summed E-state index contributed by atoms with van der Waals surface area (Å²) in [5.41, 5.74) is 1.62. The SMILES string of the molecule is C[C@@H]1CCCC[C@@H]1N1C(=O)c2ccccc2[C@H]1C(=O)NC1CCCCCCC1. The number of nitrogens with one attached hydrogen (secondary N) is 1. The van der Waals surface area contributed by atoms with E-state index in [9.17, 15) is 9.59 Å². The molecule has 3 aliphatic rings. The summed E-state index contributed by atoms with van der Waals surface area (Å²) in [6.07, 6.45) is 12.9. The van der Waals surface area contributed by atoms with Crippen LogP contribution in [0.4, 0.5) is 0 Å². The van der Waals surface area contributed by atoms with Crippen LogP contribution in [0.15, 0.2) is 24.3 Å². The molecule has 152 valence electrons. The quantitative estimate of drug-likeness (QED) is 0.800. The molecule has 2 aliphatic carbocycles. The first kappa shape index (κ1) is 19.5. The van der Waals surface area contributed by atoms with E-state index in [0.29, 0.717) is 5.92 Å². The van der Waals surface area contributed by atoms with Gasteiger partial charge in [-0.05, 0) is 43.2 Å². The molecule has 3 atom stereocenters. The van der Waals surface area contributed by atoms with E-state index in [-0.39, 0.29) is 23.9 Å². The Morgan fingerprint density at radius 2 is 1.57 bits per heavy atom. The molecular formula is C24H34N2O2. The molecule has 1 heterocycles. The summed E-state index contributed by atoms with van der Waals surface area (Å²) in [4.78, 5) is 28.7. The summed E-state index contributed by atoms with van der Waals surface area (Å²) >= 11 is 0. The second-order valence-corrected chi connectivity index (χ2v) is 9.08. The average Bonchev–Trinajstić information content (AvgIpc) is 2.97. The fourth-order valence-corrected chi connectivity index (χ4v) is 5.54. The summed E-state index contributed by atoms with van der Waals surface area (Å²) in [5, 5.41) is 3.34. The molecule has 0 radical (unpaired) electrons. The van der Waals surface area contributed by atoms with Gasteiger partial charge in [0, 0.05) is 17.6 Å². The van der Waals surface area contributed by atoms with Gasteiger partial charge in [0.15, 0.2) is 0 Å². The molecule has 4 heteroatoms. The second kappa shape index (κ2) is 8.67. The fraction of sp³-hybridized carbons (Fsp3) is 0.667. The molecule has 4 rings (SSSR count). The Kier molecular flexibility index (Phi) is 6.03. The van der Waals surface area contributed by atoms with Gasteiger partial charge in [0.1, 0.15) is 6.04 Å². The maximum Gasteiger partial charge on any atom is 0.255 e. The topological polar surface area (TPSA) is 49.4 Å². The highest BCUT2D eigenvalue weighted by atomic mass is 16.2. The number of carbonyl (C=O) groups excluding carboxylic acids is 2. The van der Waals surface area contributed by atoms with Crippen LogP contribution in [0.25, 0.3) is 0 Å². The smallest absolute Gasteiger partial charge is 0.255 e. The van der Waals surface area contributed by atoms with Gasteiger partial charge in [-0.3, -0.25) is 9.59 Å². The van der Waals surface area contributed by atoms with Gasteiger partial charge in [0.2, 0.25) is 5.91 Å². The molecule has 1 aromatic rings. The Morgan fingerprint density at radius 3 is 2.32 bits per heavy atom. The minimum atomic E-state index is -0.459. The van der Waals surface area contributed by atoms with E-state index >= 15 is 0 Å². The highest BCUT2D eigenvalue weighted by Gasteiger charge is 2.46. The summed E-state index contributed by atoms with van der Waals surface area (Å²) in [7, 11) is 0. The van der Waals surface area contributed by atoms with E-state index in [2.05, 4.69) is 12.2 Å². The Bertz CT molecular complexity index is 708. The van der Waals surface area contributed by atoms with Crippen LogP contribution in [0.2, 0.25) is 0 Å². The van der Waals surface area contributed by atoms with Gasteiger partial charge in [-0.15, -0.1) is 0 Å². The first-order valence-electron chi connectivity index (χ1n) is 11.4. The molecule has 2 saturated carbocycles. The van der Waals surface area contributed by atoms with Crippen LogP contribution in [-0.4, -0.2) is 28.8 Å². The lowest BCUT2D eigenvalue weighted by Gasteiger charge is -2.39. The predicted octanol–water partition coefficient (Wildman–Crippen LogP) is 4.99. The number of hydrogen-bond acceptors (Lipinski definition) is 2. The normalized spacial score (nSPS) is 29.1. The molecule has 28 heavy (non-hydrogen) atoms. The van der Waals surface area contributed by atoms with E-state index < -0.39 is 6.04 Å². The lowest BCUT2D eigenvalue weighted by molar-refractivity contribution is -0.127. The van der Waals surface area contributed by atoms with Crippen molar-refractivity contribution in [2.45, 2.75) is 95.7 Å². The Balaban J connectivity index is 1.59. The molecule has 0 bridgehead atoms. The van der Waals surface area contributed by atoms with Gasteiger partial charge in [-0.25, -0.2) is 0 Å². The molecule has 1 aliphatic heterocycles. The van der Waals surface area contributed by atoms with E-state index in [1.54, 1.807) is 0 Å². The van der Waals surface area contributed by atoms with Crippen molar-refractivity contribution in [3.8, 4) is 0 Å². The zero-order valence-electron chi connectivity index (χ0n) is 17.2. The standard InChI is InChI=1S/C24H34N2O2/c1-17-11-7-10-16-21(17)26-22(19-14-8-9-15-20(19)24(26)28)23(27)25-18-12-5-3-2-4-6-13-18/h8-9,14-15,17-18,21-22H,2-7,10-13,16H2,1H3,(H,25,27)/t17-,21+,22+/m1/s1. The van der Waals surface area contributed by atoms with Crippen molar-refractivity contribution in [3.63, 3.8) is 0 Å². The van der Waals surface area contributed by atoms with Crippen molar-refractivity contribution < 1.29 is 9.59 Å². The van der Waals surface area contributed by atoms with Gasteiger partial charge in [-0.2, -0.15) is 0 Å². The Morgan fingerprint density at radius 1 is 0.929 bits per heavy atom. The van der Waals surface area contributed by atoms with E-state index in [4.69, 9.17) is 0 Å². The third-order valence-corrected chi connectivity index (χ3v) is 7.12. The minimum Gasteiger partial charge on any atom is -0.351 e. The largest absolute Gasteiger partial charge is 0.351 e. The maximum atomic E-state index is 13.5. The number of benzene rings is 1. The number of fused-ring (bicyclic) bond motifs is 1. The van der Waals surface area contributed by atoms with E-state index in [0.717, 1.165) is 43.2 Å². The molecule has 0 aromatic heterocycles. The van der Waals surface area contributed by atoms with Crippen LogP contribution in [0.1, 0.15) is 99.5 Å². The van der Waals surface area contributed by atoms with Gasteiger partial charge in [0.25, 0.3) is 5.91 Å². The number of rotatable bonds is 3. The monoisotopic (exact) mass is 382 g/mol. The van der Waals surface area contributed by atoms with Crippen LogP contribution in [0, 0.1) is 5.92 Å². The highest BCUT2D eigenvalue weighted by Crippen LogP contribution is 2.40. The molecule has 1 aromatic carbocycles. The van der Waals surface area contributed by atoms with Crippen molar-refractivity contribution >= 4 is 11.8 Å². The fourth-order valence-electron chi connectivity index (χ4n) is 5.54. The van der Waals surface area contributed by atoms with Crippen LogP contribution < -0.4 is 5.32 Å². The zero-order chi connectivity index (χ0) is 19.5. The summed E-state index contributed by atoms with van der Waals surface area (Å²) in [5.74, 6) is 0.525. The van der Waals surface area contributed by atoms with E-state index in [1.165, 1.54) is 38.5 Å². The summed E-state index contributed by atoms with van der Waals surface area (Å²) in [6, 6.07) is 7.69. The summed E-state index contributed by atoms with van der Waals surface area (Å²) < 4.78 is 0. The Hall–Kier alpha value is -1.84. The minimum absolute atomic E-state index is 0.0293. The summed E-state index contributed by atoms with van der Waals surface area (Å²) in [6.45, 7) is 2.24. The highest BCUT2D eigenvalue weighted by molar-refractivity contribution is 6.05. The van der Waals surface area contributed by atoms with Crippen LogP contribution in [-0.2, 0) is 4.79 Å². The number of hydrogen-bond donors (Lipinski definition) is 1. The first-order chi connectivity index (χ1) is 13.7. The lowest BCUT2D eigenvalue weighted by Crippen LogP contribution is -2.49. The van der Waals surface area contributed by atoms with Crippen molar-refractivity contribution in [1.29, 1.82) is 0 Å². The van der Waals surface area contributed by atoms with Gasteiger partial charge in [-0.1, -0.05) is 70.1 Å². The van der Waals surface area contributed by atoms with Crippen LogP contribution >= 0.6 is 0 Å². The van der Waals surface area contributed by atoms with E-state index in [1.807, 2.05) is 29.2 Å². The number of nitrogens with zero attached hydrogens (tertiary/aromatic N) is 1. The van der Waals surface area contributed by atoms with Gasteiger partial charge in [0.05, 0.1) is 0 Å². The zero-order valence-corrected chi connectivity index (χ0v) is 17.2. The Labute approximate surface area is 169 Å². The molecular weight excluding hydrogens is 348 g/mol. The van der Waals surface area contributed by atoms with Crippen molar-refractivity contribution in [2.75, 3.05) is 0 Å². The molecule has 0 saturated heterocycles. The average molecular weight is 383 g/mol. The first-order valence-corrected chi connectivity index (χ1v) is 11.4. The number of carbonyl (C=O) groups is 2. The molecule has 2 fully saturated rings.